The molecule has 2 rings (SSSR count). The molecule has 11 heteroatoms. The van der Waals surface area contributed by atoms with E-state index in [1.54, 1.807) is 23.5 Å². The maximum absolute atomic E-state index is 13.5. The van der Waals surface area contributed by atoms with Gasteiger partial charge < -0.3 is 26.4 Å². The summed E-state index contributed by atoms with van der Waals surface area (Å²) in [5.74, 6) is 1.05. The molecule has 1 aromatic carbocycles. The monoisotopic (exact) mass is 608 g/mol. The number of carbonyl (C=O) groups excluding carboxylic acids is 4. The van der Waals surface area contributed by atoms with E-state index in [1.807, 2.05) is 40.7 Å². The van der Waals surface area contributed by atoms with E-state index in [1.165, 1.54) is 18.1 Å². The second-order valence-corrected chi connectivity index (χ2v) is 13.5. The van der Waals surface area contributed by atoms with Crippen LogP contribution in [0.3, 0.4) is 0 Å². The maximum atomic E-state index is 13.5. The molecule has 0 unspecified atom stereocenters. The lowest BCUT2D eigenvalue weighted by atomic mass is 9.96. The Morgan fingerprint density at radius 3 is 2.12 bits per heavy atom. The number of aliphatic hydroxyl groups excluding tert-OH is 1. The Balaban J connectivity index is 2.31. The lowest BCUT2D eigenvalue weighted by Crippen LogP contribution is -2.60. The van der Waals surface area contributed by atoms with Gasteiger partial charge in [0.25, 0.3) is 0 Å². The Morgan fingerprint density at radius 1 is 0.878 bits per heavy atom. The van der Waals surface area contributed by atoms with Gasteiger partial charge in [0.1, 0.15) is 18.1 Å². The molecule has 2 bridgehead atoms. The van der Waals surface area contributed by atoms with Crippen molar-refractivity contribution >= 4 is 47.2 Å². The fraction of sp³-hybridized carbons (Fsp3) is 0.667. The number of benzene rings is 1. The van der Waals surface area contributed by atoms with Gasteiger partial charge in [0.15, 0.2) is 0 Å². The number of rotatable bonds is 5. The van der Waals surface area contributed by atoms with Crippen molar-refractivity contribution in [2.45, 2.75) is 103 Å². The largest absolute Gasteiger partial charge is 0.391 e. The van der Waals surface area contributed by atoms with Crippen molar-refractivity contribution < 1.29 is 24.3 Å². The van der Waals surface area contributed by atoms with Crippen molar-refractivity contribution in [3.63, 3.8) is 0 Å². The van der Waals surface area contributed by atoms with E-state index in [4.69, 9.17) is 0 Å². The second-order valence-electron chi connectivity index (χ2n) is 11.4. The number of amides is 4. The van der Waals surface area contributed by atoms with Crippen LogP contribution >= 0.6 is 23.5 Å². The Kier molecular flexibility index (Phi) is 15.1. The number of hydrogen-bond donors (Lipinski definition) is 5. The molecule has 0 fully saturated rings. The predicted octanol–water partition coefficient (Wildman–Crippen LogP) is 2.99. The van der Waals surface area contributed by atoms with Gasteiger partial charge in [0, 0.05) is 35.5 Å². The quantitative estimate of drug-likeness (QED) is 0.347. The molecule has 0 saturated heterocycles. The van der Waals surface area contributed by atoms with Crippen LogP contribution in [0.5, 0.6) is 0 Å². The zero-order valence-electron chi connectivity index (χ0n) is 25.2. The van der Waals surface area contributed by atoms with Crippen molar-refractivity contribution in [1.82, 2.24) is 21.3 Å². The summed E-state index contributed by atoms with van der Waals surface area (Å²) in [6.45, 7) is 11.1. The van der Waals surface area contributed by atoms with Crippen LogP contribution in [0.2, 0.25) is 0 Å². The highest BCUT2D eigenvalue weighted by atomic mass is 32.2. The lowest BCUT2D eigenvalue weighted by molar-refractivity contribution is -0.136. The minimum absolute atomic E-state index is 0.0636. The molecule has 0 spiro atoms. The highest BCUT2D eigenvalue weighted by Crippen LogP contribution is 2.19. The van der Waals surface area contributed by atoms with Crippen molar-refractivity contribution in [2.75, 3.05) is 11.5 Å². The number of fused-ring (bicyclic) bond motifs is 2. The summed E-state index contributed by atoms with van der Waals surface area (Å²) in [5.41, 5.74) is 2.36. The molecule has 0 aliphatic carbocycles. The summed E-state index contributed by atoms with van der Waals surface area (Å²) >= 11 is 3.36. The Bertz CT molecular complexity index is 1020. The molecule has 1 aliphatic heterocycles. The molecule has 230 valence electrons. The minimum atomic E-state index is -1.21. The molecule has 0 aromatic heterocycles. The van der Waals surface area contributed by atoms with Crippen LogP contribution in [0, 0.1) is 11.8 Å². The first-order chi connectivity index (χ1) is 19.4. The molecule has 6 atom stereocenters. The van der Waals surface area contributed by atoms with E-state index in [2.05, 4.69) is 39.5 Å². The van der Waals surface area contributed by atoms with Crippen molar-refractivity contribution in [3.05, 3.63) is 35.4 Å². The third kappa shape index (κ3) is 12.3. The Labute approximate surface area is 253 Å². The summed E-state index contributed by atoms with van der Waals surface area (Å²) in [6.07, 6.45) is 0.0288. The van der Waals surface area contributed by atoms with Gasteiger partial charge in [0.2, 0.25) is 23.6 Å². The van der Waals surface area contributed by atoms with Gasteiger partial charge in [-0.3, -0.25) is 19.2 Å². The number of thioether (sulfide) groups is 2. The highest BCUT2D eigenvalue weighted by Gasteiger charge is 2.33. The summed E-state index contributed by atoms with van der Waals surface area (Å²) in [4.78, 5) is 52.7. The summed E-state index contributed by atoms with van der Waals surface area (Å²) in [7, 11) is 0. The fourth-order valence-corrected chi connectivity index (χ4v) is 6.32. The average molecular weight is 609 g/mol. The van der Waals surface area contributed by atoms with Gasteiger partial charge in [-0.15, -0.1) is 0 Å². The molecule has 1 aromatic rings. The van der Waals surface area contributed by atoms with E-state index in [-0.39, 0.29) is 36.1 Å². The van der Waals surface area contributed by atoms with E-state index in [0.717, 1.165) is 11.5 Å². The molecule has 1 heterocycles. The molecule has 41 heavy (non-hydrogen) atoms. The maximum Gasteiger partial charge on any atom is 0.245 e. The van der Waals surface area contributed by atoms with Crippen LogP contribution < -0.4 is 21.3 Å². The van der Waals surface area contributed by atoms with Gasteiger partial charge in [-0.1, -0.05) is 58.4 Å². The number of aliphatic hydroxyl groups is 1. The highest BCUT2D eigenvalue weighted by molar-refractivity contribution is 7.98. The van der Waals surface area contributed by atoms with Crippen molar-refractivity contribution in [3.8, 4) is 0 Å². The summed E-state index contributed by atoms with van der Waals surface area (Å²) < 4.78 is 0. The van der Waals surface area contributed by atoms with E-state index >= 15 is 0 Å². The van der Waals surface area contributed by atoms with Gasteiger partial charge in [0.05, 0.1) is 6.10 Å². The van der Waals surface area contributed by atoms with Crippen LogP contribution in [0.25, 0.3) is 0 Å². The predicted molar refractivity (Wildman–Crippen MR) is 167 cm³/mol. The lowest BCUT2D eigenvalue weighted by Gasteiger charge is -2.29. The molecule has 5 N–H and O–H groups in total. The third-order valence-electron chi connectivity index (χ3n) is 6.97. The first-order valence-electron chi connectivity index (χ1n) is 14.5. The van der Waals surface area contributed by atoms with Crippen molar-refractivity contribution in [1.29, 1.82) is 0 Å². The van der Waals surface area contributed by atoms with Gasteiger partial charge in [-0.25, -0.2) is 0 Å². The first kappa shape index (κ1) is 35.0. The first-order valence-corrected chi connectivity index (χ1v) is 16.8. The molecular formula is C30H48N4O5S2. The van der Waals surface area contributed by atoms with E-state index < -0.39 is 36.0 Å². The molecule has 0 radical (unpaired) electrons. The minimum Gasteiger partial charge on any atom is -0.391 e. The summed E-state index contributed by atoms with van der Waals surface area (Å²) in [6, 6.07) is 5.31. The topological polar surface area (TPSA) is 137 Å². The molecule has 0 saturated carbocycles. The van der Waals surface area contributed by atoms with E-state index in [9.17, 15) is 24.3 Å². The Hall–Kier alpha value is -2.24. The average Bonchev–Trinajstić information content (AvgIpc) is 2.91. The fourth-order valence-electron chi connectivity index (χ4n) is 4.46. The van der Waals surface area contributed by atoms with E-state index in [0.29, 0.717) is 24.3 Å². The Morgan fingerprint density at radius 2 is 1.51 bits per heavy atom. The van der Waals surface area contributed by atoms with Crippen LogP contribution in [0.15, 0.2) is 24.3 Å². The van der Waals surface area contributed by atoms with Crippen molar-refractivity contribution in [2.24, 2.45) is 11.8 Å². The summed E-state index contributed by atoms with van der Waals surface area (Å²) in [5, 5.41) is 21.6. The van der Waals surface area contributed by atoms with Gasteiger partial charge in [-0.2, -0.15) is 23.5 Å². The third-order valence-corrected chi connectivity index (χ3v) is 9.28. The molecule has 9 nitrogen and oxygen atoms in total. The SMILES string of the molecule is CC[C@H](C)[C@@H]1NC(=O)[C@H](CC(C)C)NC(=O)[C@H]([C@@H](C)O)NC(=O)CCSCc2cccc(c2)CSC[C@@H](C)NC1=O. The standard InChI is InChI=1S/C30H48N4O5S2/c1-7-19(4)26-29(38)31-20(5)15-41-17-23-10-8-9-22(14-23)16-40-12-11-25(36)33-27(21(6)35)30(39)32-24(13-18(2)3)28(37)34-26/h8-10,14,18-21,24,26-27,35H,7,11-13,15-17H2,1-6H3,(H,31,38)(H,32,39)(H,33,36)(H,34,37)/t19-,20+,21+,24-,26-,27-/m0/s1. The molecule has 1 aliphatic rings. The molecule has 4 amide bonds. The molecular weight excluding hydrogens is 560 g/mol. The zero-order chi connectivity index (χ0) is 30.5. The second kappa shape index (κ2) is 17.7. The van der Waals surface area contributed by atoms with Gasteiger partial charge in [-0.05, 0) is 43.2 Å². The van der Waals surface area contributed by atoms with Crippen LogP contribution in [-0.4, -0.2) is 70.5 Å². The zero-order valence-corrected chi connectivity index (χ0v) is 26.8. The van der Waals surface area contributed by atoms with Crippen LogP contribution in [0.4, 0.5) is 0 Å². The number of nitrogens with one attached hydrogen (secondary N) is 4. The van der Waals surface area contributed by atoms with Crippen LogP contribution in [0.1, 0.15) is 71.9 Å². The number of hydrogen-bond acceptors (Lipinski definition) is 7. The smallest absolute Gasteiger partial charge is 0.245 e. The number of carbonyl (C=O) groups is 4. The van der Waals surface area contributed by atoms with Gasteiger partial charge >= 0.3 is 0 Å². The van der Waals surface area contributed by atoms with Crippen LogP contribution in [-0.2, 0) is 30.7 Å². The normalized spacial score (nSPS) is 26.0.